The van der Waals surface area contributed by atoms with E-state index in [0.29, 0.717) is 16.5 Å². The van der Waals surface area contributed by atoms with Gasteiger partial charge in [0, 0.05) is 11.4 Å². The number of thioether (sulfide) groups is 1. The number of amides is 1. The van der Waals surface area contributed by atoms with Crippen molar-refractivity contribution in [1.82, 2.24) is 14.8 Å². The Balaban J connectivity index is 1.68. The summed E-state index contributed by atoms with van der Waals surface area (Å²) in [5.41, 5.74) is 5.44. The number of nitrogens with one attached hydrogen (secondary N) is 1. The Bertz CT molecular complexity index is 1280. The van der Waals surface area contributed by atoms with Crippen LogP contribution in [0.4, 0.5) is 5.69 Å². The molecule has 4 rings (SSSR count). The van der Waals surface area contributed by atoms with E-state index in [0.717, 1.165) is 28.1 Å². The van der Waals surface area contributed by atoms with E-state index >= 15 is 0 Å². The van der Waals surface area contributed by atoms with Gasteiger partial charge in [-0.1, -0.05) is 59.8 Å². The van der Waals surface area contributed by atoms with Crippen LogP contribution in [0.3, 0.4) is 0 Å². The number of rotatable bonds is 6. The van der Waals surface area contributed by atoms with Gasteiger partial charge in [0.15, 0.2) is 11.0 Å². The summed E-state index contributed by atoms with van der Waals surface area (Å²) in [5, 5.41) is 22.4. The molecule has 1 unspecified atom stereocenters. The molecule has 0 saturated heterocycles. The molecule has 0 saturated carbocycles. The number of para-hydroxylation sites is 2. The van der Waals surface area contributed by atoms with E-state index in [1.165, 1.54) is 11.8 Å². The molecule has 2 N–H and O–H groups in total. The van der Waals surface area contributed by atoms with Gasteiger partial charge >= 0.3 is 0 Å². The minimum absolute atomic E-state index is 0.111. The first-order chi connectivity index (χ1) is 15.8. The standard InChI is InChI=1S/C26H26N4O2S/c1-16-12-14-20(15-13-16)30-24(21-10-5-6-11-22(21)31)28-29-26(30)33-19(4)25(32)27-23-17(2)8-7-9-18(23)3/h5-15,19,31H,1-4H3,(H,27,32). The van der Waals surface area contributed by atoms with Gasteiger partial charge in [-0.3, -0.25) is 9.36 Å². The largest absolute Gasteiger partial charge is 0.507 e. The lowest BCUT2D eigenvalue weighted by molar-refractivity contribution is -0.115. The Kier molecular flexibility index (Phi) is 6.51. The second-order valence-corrected chi connectivity index (χ2v) is 9.32. The smallest absolute Gasteiger partial charge is 0.237 e. The first kappa shape index (κ1) is 22.6. The molecule has 0 spiro atoms. The van der Waals surface area contributed by atoms with Gasteiger partial charge in [-0.15, -0.1) is 10.2 Å². The predicted octanol–water partition coefficient (Wildman–Crippen LogP) is 5.68. The second-order valence-electron chi connectivity index (χ2n) is 8.01. The Morgan fingerprint density at radius 3 is 2.27 bits per heavy atom. The van der Waals surface area contributed by atoms with Gasteiger partial charge < -0.3 is 10.4 Å². The third kappa shape index (κ3) is 4.78. The Morgan fingerprint density at radius 2 is 1.61 bits per heavy atom. The van der Waals surface area contributed by atoms with Crippen LogP contribution in [0.25, 0.3) is 17.1 Å². The van der Waals surface area contributed by atoms with Crippen LogP contribution in [-0.4, -0.2) is 31.0 Å². The molecular formula is C26H26N4O2S. The lowest BCUT2D eigenvalue weighted by Crippen LogP contribution is -2.23. The number of carbonyl (C=O) groups excluding carboxylic acids is 1. The van der Waals surface area contributed by atoms with Gasteiger partial charge in [0.05, 0.1) is 10.8 Å². The number of phenolic OH excluding ortho intramolecular Hbond substituents is 1. The quantitative estimate of drug-likeness (QED) is 0.363. The highest BCUT2D eigenvalue weighted by molar-refractivity contribution is 8.00. The molecule has 6 nitrogen and oxygen atoms in total. The summed E-state index contributed by atoms with van der Waals surface area (Å²) in [4.78, 5) is 13.0. The highest BCUT2D eigenvalue weighted by Gasteiger charge is 2.23. The zero-order valence-electron chi connectivity index (χ0n) is 19.0. The maximum Gasteiger partial charge on any atom is 0.237 e. The molecule has 0 aliphatic rings. The van der Waals surface area contributed by atoms with Gasteiger partial charge in [0.1, 0.15) is 5.75 Å². The van der Waals surface area contributed by atoms with Crippen molar-refractivity contribution in [2.24, 2.45) is 0 Å². The first-order valence-electron chi connectivity index (χ1n) is 10.7. The van der Waals surface area contributed by atoms with E-state index in [1.807, 2.05) is 80.8 Å². The SMILES string of the molecule is Cc1ccc(-n2c(SC(C)C(=O)Nc3c(C)cccc3C)nnc2-c2ccccc2O)cc1. The highest BCUT2D eigenvalue weighted by Crippen LogP contribution is 2.34. The van der Waals surface area contributed by atoms with Gasteiger partial charge in [-0.05, 0) is 63.1 Å². The minimum atomic E-state index is -0.422. The molecule has 1 amide bonds. The molecule has 1 heterocycles. The van der Waals surface area contributed by atoms with E-state index < -0.39 is 5.25 Å². The molecular weight excluding hydrogens is 432 g/mol. The number of hydrogen-bond donors (Lipinski definition) is 2. The van der Waals surface area contributed by atoms with Crippen molar-refractivity contribution in [3.8, 4) is 22.8 Å². The number of aromatic hydroxyl groups is 1. The fraction of sp³-hybridized carbons (Fsp3) is 0.192. The molecule has 0 aliphatic carbocycles. The molecule has 0 bridgehead atoms. The number of hydrogen-bond acceptors (Lipinski definition) is 5. The van der Waals surface area contributed by atoms with Crippen molar-refractivity contribution < 1.29 is 9.90 Å². The van der Waals surface area contributed by atoms with E-state index in [-0.39, 0.29) is 11.7 Å². The lowest BCUT2D eigenvalue weighted by atomic mass is 10.1. The van der Waals surface area contributed by atoms with Crippen LogP contribution >= 0.6 is 11.8 Å². The summed E-state index contributed by atoms with van der Waals surface area (Å²) in [6.45, 7) is 7.83. The minimum Gasteiger partial charge on any atom is -0.507 e. The fourth-order valence-electron chi connectivity index (χ4n) is 3.56. The van der Waals surface area contributed by atoms with Crippen LogP contribution in [0.1, 0.15) is 23.6 Å². The molecule has 33 heavy (non-hydrogen) atoms. The summed E-state index contributed by atoms with van der Waals surface area (Å²) in [7, 11) is 0. The van der Waals surface area contributed by atoms with Crippen LogP contribution in [0.2, 0.25) is 0 Å². The Morgan fingerprint density at radius 1 is 0.939 bits per heavy atom. The van der Waals surface area contributed by atoms with E-state index in [2.05, 4.69) is 15.5 Å². The van der Waals surface area contributed by atoms with Crippen molar-refractivity contribution in [2.75, 3.05) is 5.32 Å². The van der Waals surface area contributed by atoms with Crippen molar-refractivity contribution in [3.63, 3.8) is 0 Å². The average molecular weight is 459 g/mol. The summed E-state index contributed by atoms with van der Waals surface area (Å²) in [6.07, 6.45) is 0. The molecule has 3 aromatic carbocycles. The third-order valence-corrected chi connectivity index (χ3v) is 6.49. The van der Waals surface area contributed by atoms with E-state index in [1.54, 1.807) is 18.2 Å². The van der Waals surface area contributed by atoms with Crippen LogP contribution in [0.5, 0.6) is 5.75 Å². The molecule has 1 aromatic heterocycles. The van der Waals surface area contributed by atoms with Crippen molar-refractivity contribution >= 4 is 23.4 Å². The van der Waals surface area contributed by atoms with Crippen LogP contribution in [0.15, 0.2) is 71.9 Å². The maximum absolute atomic E-state index is 13.0. The molecule has 0 aliphatic heterocycles. The molecule has 7 heteroatoms. The van der Waals surface area contributed by atoms with Crippen molar-refractivity contribution in [3.05, 3.63) is 83.4 Å². The Hall–Kier alpha value is -3.58. The summed E-state index contributed by atoms with van der Waals surface area (Å²) in [6, 6.07) is 20.9. The number of benzene rings is 3. The topological polar surface area (TPSA) is 80.0 Å². The average Bonchev–Trinajstić information content (AvgIpc) is 3.20. The monoisotopic (exact) mass is 458 g/mol. The van der Waals surface area contributed by atoms with Crippen LogP contribution in [-0.2, 0) is 4.79 Å². The second kappa shape index (κ2) is 9.50. The van der Waals surface area contributed by atoms with Gasteiger partial charge in [-0.25, -0.2) is 0 Å². The van der Waals surface area contributed by atoms with E-state index in [4.69, 9.17) is 0 Å². The summed E-state index contributed by atoms with van der Waals surface area (Å²) < 4.78 is 1.88. The molecule has 1 atom stereocenters. The third-order valence-electron chi connectivity index (χ3n) is 5.45. The number of carbonyl (C=O) groups is 1. The van der Waals surface area contributed by atoms with Crippen molar-refractivity contribution in [1.29, 1.82) is 0 Å². The summed E-state index contributed by atoms with van der Waals surface area (Å²) >= 11 is 1.33. The number of anilines is 1. The lowest BCUT2D eigenvalue weighted by Gasteiger charge is -2.16. The number of phenols is 1. The van der Waals surface area contributed by atoms with Crippen molar-refractivity contribution in [2.45, 2.75) is 38.1 Å². The maximum atomic E-state index is 13.0. The summed E-state index contributed by atoms with van der Waals surface area (Å²) in [5.74, 6) is 0.525. The first-order valence-corrected chi connectivity index (χ1v) is 11.6. The number of aryl methyl sites for hydroxylation is 3. The molecule has 0 radical (unpaired) electrons. The van der Waals surface area contributed by atoms with Crippen LogP contribution < -0.4 is 5.32 Å². The zero-order valence-corrected chi connectivity index (χ0v) is 19.9. The fourth-order valence-corrected chi connectivity index (χ4v) is 4.43. The number of aromatic nitrogens is 3. The molecule has 0 fully saturated rings. The van der Waals surface area contributed by atoms with Gasteiger partial charge in [0.25, 0.3) is 0 Å². The van der Waals surface area contributed by atoms with Crippen LogP contribution in [0, 0.1) is 20.8 Å². The van der Waals surface area contributed by atoms with Gasteiger partial charge in [-0.2, -0.15) is 0 Å². The predicted molar refractivity (Wildman–Crippen MR) is 133 cm³/mol. The Labute approximate surface area is 197 Å². The normalized spacial score (nSPS) is 11.9. The highest BCUT2D eigenvalue weighted by atomic mass is 32.2. The number of nitrogens with zero attached hydrogens (tertiary/aromatic N) is 3. The molecule has 168 valence electrons. The zero-order chi connectivity index (χ0) is 23.5. The molecule has 4 aromatic rings. The van der Waals surface area contributed by atoms with Gasteiger partial charge in [0.2, 0.25) is 5.91 Å². The van der Waals surface area contributed by atoms with E-state index in [9.17, 15) is 9.90 Å².